The Hall–Kier alpha value is -3.29. The fraction of sp³-hybridized carbons (Fsp3) is 0.222. The summed E-state index contributed by atoms with van der Waals surface area (Å²) in [6.45, 7) is 2.47. The first kappa shape index (κ1) is 17.5. The number of nitrogen functional groups attached to an aromatic ring is 1. The average molecular weight is 355 g/mol. The van der Waals surface area contributed by atoms with Crippen LogP contribution in [0.3, 0.4) is 0 Å². The van der Waals surface area contributed by atoms with Crippen molar-refractivity contribution in [3.8, 4) is 17.0 Å². The van der Waals surface area contributed by atoms with Crippen LogP contribution in [0.2, 0.25) is 0 Å². The van der Waals surface area contributed by atoms with Gasteiger partial charge in [-0.15, -0.1) is 5.10 Å². The summed E-state index contributed by atoms with van der Waals surface area (Å²) in [7, 11) is 1.43. The molecule has 0 saturated heterocycles. The van der Waals surface area contributed by atoms with Crippen LogP contribution < -0.4 is 15.8 Å². The minimum absolute atomic E-state index is 0.114. The number of carbonyl (C=O) groups is 1. The van der Waals surface area contributed by atoms with Gasteiger partial charge in [-0.3, -0.25) is 4.79 Å². The number of nitrogens with zero attached hydrogens (tertiary/aromatic N) is 3. The lowest BCUT2D eigenvalue weighted by atomic mass is 9.98. The molecule has 7 nitrogen and oxygen atoms in total. The number of ether oxygens (including phenoxy) is 1. The van der Waals surface area contributed by atoms with E-state index in [1.54, 1.807) is 6.07 Å². The van der Waals surface area contributed by atoms with Crippen LogP contribution in [0.4, 0.5) is 10.1 Å². The average Bonchev–Trinajstić information content (AvgIpc) is 2.66. The van der Waals surface area contributed by atoms with Gasteiger partial charge >= 0.3 is 0 Å². The fourth-order valence-corrected chi connectivity index (χ4v) is 2.72. The van der Waals surface area contributed by atoms with Crippen LogP contribution >= 0.6 is 0 Å². The minimum atomic E-state index is -0.479. The Balaban J connectivity index is 2.22. The van der Waals surface area contributed by atoms with Gasteiger partial charge < -0.3 is 15.8 Å². The van der Waals surface area contributed by atoms with E-state index in [2.05, 4.69) is 20.5 Å². The molecule has 1 amide bonds. The Morgan fingerprint density at radius 3 is 2.85 bits per heavy atom. The van der Waals surface area contributed by atoms with Gasteiger partial charge in [-0.05, 0) is 24.6 Å². The Labute approximate surface area is 149 Å². The molecule has 2 heterocycles. The molecular weight excluding hydrogens is 337 g/mol. The lowest BCUT2D eigenvalue weighted by Crippen LogP contribution is -2.26. The van der Waals surface area contributed by atoms with Crippen molar-refractivity contribution in [3.63, 3.8) is 0 Å². The second-order valence-electron chi connectivity index (χ2n) is 5.61. The van der Waals surface area contributed by atoms with Crippen molar-refractivity contribution < 1.29 is 13.9 Å². The van der Waals surface area contributed by atoms with Crippen molar-refractivity contribution in [1.29, 1.82) is 0 Å². The summed E-state index contributed by atoms with van der Waals surface area (Å²) < 4.78 is 19.8. The number of fused-ring (bicyclic) bond motifs is 1. The number of rotatable bonds is 5. The maximum atomic E-state index is 14.6. The van der Waals surface area contributed by atoms with E-state index in [1.807, 2.05) is 6.92 Å². The third-order valence-electron chi connectivity index (χ3n) is 3.96. The number of halogens is 1. The summed E-state index contributed by atoms with van der Waals surface area (Å²) in [6, 6.07) is 4.42. The number of nitrogens with two attached hydrogens (primary N) is 1. The molecule has 0 atom stereocenters. The van der Waals surface area contributed by atoms with Crippen LogP contribution in [0.25, 0.3) is 21.9 Å². The van der Waals surface area contributed by atoms with E-state index in [1.165, 1.54) is 31.6 Å². The van der Waals surface area contributed by atoms with Gasteiger partial charge in [0.15, 0.2) is 5.69 Å². The number of methoxy groups -OCH3 is 1. The van der Waals surface area contributed by atoms with Crippen LogP contribution in [0.15, 0.2) is 30.6 Å². The van der Waals surface area contributed by atoms with E-state index < -0.39 is 5.82 Å². The smallest absolute Gasteiger partial charge is 0.272 e. The second kappa shape index (κ2) is 7.30. The topological polar surface area (TPSA) is 103 Å². The highest BCUT2D eigenvalue weighted by Crippen LogP contribution is 2.37. The van der Waals surface area contributed by atoms with Crippen LogP contribution in [0.1, 0.15) is 23.8 Å². The Kier molecular flexibility index (Phi) is 4.92. The molecule has 0 spiro atoms. The maximum absolute atomic E-state index is 14.6. The number of nitrogens with one attached hydrogen (secondary N) is 1. The normalized spacial score (nSPS) is 10.7. The molecule has 8 heteroatoms. The van der Waals surface area contributed by atoms with Crippen LogP contribution in [-0.4, -0.2) is 34.7 Å². The number of carbonyl (C=O) groups excluding carboxylic acids is 1. The molecule has 0 unspecified atom stereocenters. The van der Waals surface area contributed by atoms with E-state index in [4.69, 9.17) is 10.5 Å². The van der Waals surface area contributed by atoms with Gasteiger partial charge in [0.05, 0.1) is 24.6 Å². The predicted molar refractivity (Wildman–Crippen MR) is 96.3 cm³/mol. The molecule has 26 heavy (non-hydrogen) atoms. The molecule has 3 N–H and O–H groups in total. The third-order valence-corrected chi connectivity index (χ3v) is 3.96. The molecule has 0 aliphatic heterocycles. The zero-order chi connectivity index (χ0) is 18.7. The van der Waals surface area contributed by atoms with Gasteiger partial charge in [-0.2, -0.15) is 5.10 Å². The molecule has 0 fully saturated rings. The quantitative estimate of drug-likeness (QED) is 0.729. The number of pyridine rings is 1. The van der Waals surface area contributed by atoms with E-state index in [0.29, 0.717) is 22.9 Å². The van der Waals surface area contributed by atoms with Gasteiger partial charge in [0.2, 0.25) is 5.88 Å². The van der Waals surface area contributed by atoms with Gasteiger partial charge in [0, 0.05) is 29.1 Å². The summed E-state index contributed by atoms with van der Waals surface area (Å²) in [5, 5.41) is 11.3. The Morgan fingerprint density at radius 1 is 1.31 bits per heavy atom. The number of aromatic nitrogens is 3. The zero-order valence-corrected chi connectivity index (χ0v) is 14.4. The zero-order valence-electron chi connectivity index (χ0n) is 14.4. The van der Waals surface area contributed by atoms with Crippen LogP contribution in [-0.2, 0) is 0 Å². The number of benzene rings is 1. The number of hydrogen-bond donors (Lipinski definition) is 2. The largest absolute Gasteiger partial charge is 0.479 e. The van der Waals surface area contributed by atoms with Crippen molar-refractivity contribution in [1.82, 2.24) is 20.5 Å². The van der Waals surface area contributed by atoms with Crippen LogP contribution in [0.5, 0.6) is 5.88 Å². The fourth-order valence-electron chi connectivity index (χ4n) is 2.72. The molecular formula is C18H18FN5O2. The minimum Gasteiger partial charge on any atom is -0.479 e. The maximum Gasteiger partial charge on any atom is 0.272 e. The molecule has 0 aliphatic carbocycles. The first-order valence-corrected chi connectivity index (χ1v) is 8.09. The lowest BCUT2D eigenvalue weighted by molar-refractivity contribution is 0.0950. The van der Waals surface area contributed by atoms with Gasteiger partial charge in [0.1, 0.15) is 5.82 Å². The standard InChI is InChI=1S/C18H18FN5O2/c1-3-7-21-17(25)16-15(20)10-4-5-13(19)14(12(10)9-22-16)11-6-8-23-24-18(11)26-2/h4-6,8-9H,3,7,20H2,1-2H3,(H,21,25). The van der Waals surface area contributed by atoms with Gasteiger partial charge in [-0.25, -0.2) is 9.37 Å². The molecule has 0 aliphatic rings. The summed E-state index contributed by atoms with van der Waals surface area (Å²) in [5.74, 6) is -0.657. The first-order chi connectivity index (χ1) is 12.6. The second-order valence-corrected chi connectivity index (χ2v) is 5.61. The summed E-state index contributed by atoms with van der Waals surface area (Å²) >= 11 is 0. The van der Waals surface area contributed by atoms with Crippen molar-refractivity contribution in [2.45, 2.75) is 13.3 Å². The van der Waals surface area contributed by atoms with E-state index in [0.717, 1.165) is 6.42 Å². The van der Waals surface area contributed by atoms with E-state index in [-0.39, 0.29) is 28.7 Å². The molecule has 0 saturated carbocycles. The van der Waals surface area contributed by atoms with Crippen molar-refractivity contribution in [3.05, 3.63) is 42.1 Å². The van der Waals surface area contributed by atoms with Gasteiger partial charge in [0.25, 0.3) is 5.91 Å². The lowest BCUT2D eigenvalue weighted by Gasteiger charge is -2.13. The molecule has 3 rings (SSSR count). The highest BCUT2D eigenvalue weighted by atomic mass is 19.1. The molecule has 1 aromatic carbocycles. The number of amides is 1. The summed E-state index contributed by atoms with van der Waals surface area (Å²) in [6.07, 6.45) is 3.67. The number of anilines is 1. The molecule has 0 radical (unpaired) electrons. The number of hydrogen-bond acceptors (Lipinski definition) is 6. The molecule has 2 aromatic heterocycles. The predicted octanol–water partition coefficient (Wildman–Crippen LogP) is 2.56. The summed E-state index contributed by atoms with van der Waals surface area (Å²) in [5.41, 5.74) is 7.13. The van der Waals surface area contributed by atoms with Crippen molar-refractivity contribution in [2.24, 2.45) is 0 Å². The summed E-state index contributed by atoms with van der Waals surface area (Å²) in [4.78, 5) is 16.4. The SMILES string of the molecule is CCCNC(=O)c1ncc2c(-c3ccnnc3OC)c(F)ccc2c1N. The Bertz CT molecular complexity index is 977. The molecule has 3 aromatic rings. The highest BCUT2D eigenvalue weighted by molar-refractivity contribution is 6.09. The third kappa shape index (κ3) is 3.01. The monoisotopic (exact) mass is 355 g/mol. The van der Waals surface area contributed by atoms with Crippen molar-refractivity contribution >= 4 is 22.4 Å². The first-order valence-electron chi connectivity index (χ1n) is 8.09. The van der Waals surface area contributed by atoms with E-state index >= 15 is 0 Å². The Morgan fingerprint density at radius 2 is 2.12 bits per heavy atom. The molecule has 134 valence electrons. The molecule has 0 bridgehead atoms. The van der Waals surface area contributed by atoms with Crippen LogP contribution in [0, 0.1) is 5.82 Å². The van der Waals surface area contributed by atoms with Crippen molar-refractivity contribution in [2.75, 3.05) is 19.4 Å². The van der Waals surface area contributed by atoms with E-state index in [9.17, 15) is 9.18 Å². The van der Waals surface area contributed by atoms with Gasteiger partial charge in [-0.1, -0.05) is 6.92 Å². The highest BCUT2D eigenvalue weighted by Gasteiger charge is 2.20.